The van der Waals surface area contributed by atoms with Crippen molar-refractivity contribution < 1.29 is 0 Å². The lowest BCUT2D eigenvalue weighted by Gasteiger charge is -2.24. The molecule has 0 aliphatic carbocycles. The van der Waals surface area contributed by atoms with E-state index < -0.39 is 0 Å². The van der Waals surface area contributed by atoms with E-state index in [1.54, 1.807) is 0 Å². The Balaban J connectivity index is 2.89. The Hall–Kier alpha value is -0.720. The van der Waals surface area contributed by atoms with E-state index in [0.29, 0.717) is 0 Å². The molecule has 92 valence electrons. The quantitative estimate of drug-likeness (QED) is 0.761. The minimum Gasteiger partial charge on any atom is -0.370 e. The van der Waals surface area contributed by atoms with Crippen molar-refractivity contribution in [3.05, 3.63) is 28.8 Å². The standard InChI is InChI=1S/C13H16BrClN2/c1-3-17(9-10(2)8-16)12-5-4-11(7-14)13(15)6-12/h4-6,10H,3,7,9H2,1-2H3. The van der Waals surface area contributed by atoms with Crippen molar-refractivity contribution in [1.29, 1.82) is 5.26 Å². The van der Waals surface area contributed by atoms with Gasteiger partial charge in [-0.05, 0) is 31.5 Å². The fourth-order valence-corrected chi connectivity index (χ4v) is 2.52. The van der Waals surface area contributed by atoms with Crippen molar-refractivity contribution in [2.45, 2.75) is 19.2 Å². The predicted octanol–water partition coefficient (Wildman–Crippen LogP) is 4.22. The fraction of sp³-hybridized carbons (Fsp3) is 0.462. The smallest absolute Gasteiger partial charge is 0.0671 e. The second kappa shape index (κ2) is 6.88. The number of hydrogen-bond acceptors (Lipinski definition) is 2. The first-order chi connectivity index (χ1) is 8.12. The molecule has 17 heavy (non-hydrogen) atoms. The molecule has 2 nitrogen and oxygen atoms in total. The molecule has 0 aliphatic rings. The number of nitrogens with zero attached hydrogens (tertiary/aromatic N) is 2. The summed E-state index contributed by atoms with van der Waals surface area (Å²) in [4.78, 5) is 2.16. The first-order valence-electron chi connectivity index (χ1n) is 5.61. The van der Waals surface area contributed by atoms with Crippen LogP contribution in [0.4, 0.5) is 5.69 Å². The largest absolute Gasteiger partial charge is 0.370 e. The molecule has 0 amide bonds. The van der Waals surface area contributed by atoms with Crippen LogP contribution in [0.2, 0.25) is 5.02 Å². The molecule has 0 aliphatic heterocycles. The SMILES string of the molecule is CCN(CC(C)C#N)c1ccc(CBr)c(Cl)c1. The maximum Gasteiger partial charge on any atom is 0.0671 e. The van der Waals surface area contributed by atoms with Crippen LogP contribution >= 0.6 is 27.5 Å². The summed E-state index contributed by atoms with van der Waals surface area (Å²) < 4.78 is 0. The van der Waals surface area contributed by atoms with E-state index in [-0.39, 0.29) is 5.92 Å². The van der Waals surface area contributed by atoms with Gasteiger partial charge >= 0.3 is 0 Å². The number of halogens is 2. The van der Waals surface area contributed by atoms with Gasteiger partial charge in [0.05, 0.1) is 12.0 Å². The fourth-order valence-electron chi connectivity index (χ4n) is 1.63. The molecular weight excluding hydrogens is 300 g/mol. The number of anilines is 1. The van der Waals surface area contributed by atoms with Gasteiger partial charge in [0, 0.05) is 29.1 Å². The number of benzene rings is 1. The van der Waals surface area contributed by atoms with Crippen LogP contribution in [0.25, 0.3) is 0 Å². The number of rotatable bonds is 5. The summed E-state index contributed by atoms with van der Waals surface area (Å²) in [6.07, 6.45) is 0. The maximum absolute atomic E-state index is 8.85. The first kappa shape index (κ1) is 14.3. The number of hydrogen-bond donors (Lipinski definition) is 0. The highest BCUT2D eigenvalue weighted by Gasteiger charge is 2.10. The zero-order valence-corrected chi connectivity index (χ0v) is 12.4. The van der Waals surface area contributed by atoms with Gasteiger partial charge in [-0.2, -0.15) is 5.26 Å². The van der Waals surface area contributed by atoms with Gasteiger partial charge in [0.25, 0.3) is 0 Å². The van der Waals surface area contributed by atoms with E-state index in [1.807, 2.05) is 19.1 Å². The van der Waals surface area contributed by atoms with Gasteiger partial charge in [0.2, 0.25) is 0 Å². The van der Waals surface area contributed by atoms with Crippen LogP contribution in [0.1, 0.15) is 19.4 Å². The third-order valence-electron chi connectivity index (χ3n) is 2.64. The average molecular weight is 316 g/mol. The monoisotopic (exact) mass is 314 g/mol. The summed E-state index contributed by atoms with van der Waals surface area (Å²) in [5.74, 6) is 0.0181. The van der Waals surface area contributed by atoms with Crippen LogP contribution in [-0.4, -0.2) is 13.1 Å². The van der Waals surface area contributed by atoms with Crippen LogP contribution in [0.15, 0.2) is 18.2 Å². The van der Waals surface area contributed by atoms with Crippen LogP contribution in [0, 0.1) is 17.2 Å². The lowest BCUT2D eigenvalue weighted by molar-refractivity contribution is 0.686. The van der Waals surface area contributed by atoms with E-state index in [2.05, 4.69) is 39.9 Å². The Morgan fingerprint density at radius 3 is 2.71 bits per heavy atom. The number of alkyl halides is 1. The molecule has 0 saturated carbocycles. The van der Waals surface area contributed by atoms with E-state index in [1.165, 1.54) is 0 Å². The van der Waals surface area contributed by atoms with Crippen molar-refractivity contribution in [2.75, 3.05) is 18.0 Å². The van der Waals surface area contributed by atoms with Crippen molar-refractivity contribution in [2.24, 2.45) is 5.92 Å². The lowest BCUT2D eigenvalue weighted by Crippen LogP contribution is -2.27. The second-order valence-electron chi connectivity index (χ2n) is 3.98. The summed E-state index contributed by atoms with van der Waals surface area (Å²) in [5.41, 5.74) is 2.16. The van der Waals surface area contributed by atoms with Crippen molar-refractivity contribution >= 4 is 33.2 Å². The zero-order chi connectivity index (χ0) is 12.8. The van der Waals surface area contributed by atoms with Gasteiger partial charge < -0.3 is 4.90 Å². The molecule has 0 spiro atoms. The molecule has 0 fully saturated rings. The average Bonchev–Trinajstić information content (AvgIpc) is 2.35. The van der Waals surface area contributed by atoms with Gasteiger partial charge in [-0.15, -0.1) is 0 Å². The Morgan fingerprint density at radius 1 is 1.53 bits per heavy atom. The molecule has 1 aromatic rings. The summed E-state index contributed by atoms with van der Waals surface area (Å²) >= 11 is 9.58. The summed E-state index contributed by atoms with van der Waals surface area (Å²) in [6.45, 7) is 5.61. The van der Waals surface area contributed by atoms with E-state index in [4.69, 9.17) is 16.9 Å². The minimum atomic E-state index is 0.0181. The van der Waals surface area contributed by atoms with E-state index in [9.17, 15) is 0 Å². The normalized spacial score (nSPS) is 11.9. The highest BCUT2D eigenvalue weighted by molar-refractivity contribution is 9.08. The highest BCUT2D eigenvalue weighted by atomic mass is 79.9. The number of nitriles is 1. The van der Waals surface area contributed by atoms with Crippen LogP contribution in [-0.2, 0) is 5.33 Å². The lowest BCUT2D eigenvalue weighted by atomic mass is 10.1. The van der Waals surface area contributed by atoms with Gasteiger partial charge in [0.1, 0.15) is 0 Å². The van der Waals surface area contributed by atoms with E-state index >= 15 is 0 Å². The zero-order valence-electron chi connectivity index (χ0n) is 10.1. The third kappa shape index (κ3) is 3.90. The third-order valence-corrected chi connectivity index (χ3v) is 3.60. The molecular formula is C13H16BrClN2. The minimum absolute atomic E-state index is 0.0181. The molecule has 0 heterocycles. The highest BCUT2D eigenvalue weighted by Crippen LogP contribution is 2.25. The molecule has 1 atom stereocenters. The molecule has 0 N–H and O–H groups in total. The Kier molecular flexibility index (Phi) is 5.80. The molecule has 1 rings (SSSR count). The first-order valence-corrected chi connectivity index (χ1v) is 7.11. The molecule has 0 bridgehead atoms. The van der Waals surface area contributed by atoms with Gasteiger partial charge in [-0.1, -0.05) is 33.6 Å². The Morgan fingerprint density at radius 2 is 2.24 bits per heavy atom. The molecule has 0 radical (unpaired) electrons. The molecule has 1 unspecified atom stereocenters. The van der Waals surface area contributed by atoms with Crippen LogP contribution in [0.3, 0.4) is 0 Å². The van der Waals surface area contributed by atoms with Crippen molar-refractivity contribution in [3.8, 4) is 6.07 Å². The van der Waals surface area contributed by atoms with Crippen molar-refractivity contribution in [3.63, 3.8) is 0 Å². The van der Waals surface area contributed by atoms with Crippen LogP contribution < -0.4 is 4.90 Å². The van der Waals surface area contributed by atoms with Gasteiger partial charge in [0.15, 0.2) is 0 Å². The predicted molar refractivity (Wildman–Crippen MR) is 76.7 cm³/mol. The maximum atomic E-state index is 8.85. The summed E-state index contributed by atoms with van der Waals surface area (Å²) in [7, 11) is 0. The topological polar surface area (TPSA) is 27.0 Å². The van der Waals surface area contributed by atoms with Crippen molar-refractivity contribution in [1.82, 2.24) is 0 Å². The summed E-state index contributed by atoms with van der Waals surface area (Å²) in [6, 6.07) is 8.29. The molecule has 4 heteroatoms. The molecule has 0 aromatic heterocycles. The van der Waals surface area contributed by atoms with Gasteiger partial charge in [-0.25, -0.2) is 0 Å². The van der Waals surface area contributed by atoms with Gasteiger partial charge in [-0.3, -0.25) is 0 Å². The van der Waals surface area contributed by atoms with E-state index in [0.717, 1.165) is 34.7 Å². The summed E-state index contributed by atoms with van der Waals surface area (Å²) in [5, 5.41) is 10.4. The second-order valence-corrected chi connectivity index (χ2v) is 4.95. The Bertz CT molecular complexity index is 414. The van der Waals surface area contributed by atoms with Crippen LogP contribution in [0.5, 0.6) is 0 Å². The molecule has 1 aromatic carbocycles. The Labute approximate surface area is 116 Å². The molecule has 0 saturated heterocycles.